The standard InChI is InChI=1S/C47H50ClFN6O8/c1-27(28-2-4-29(5-3-28)34-14-18-51-39-11-6-30(49)24-36(34)39)44(58)52-32-8-10-38(48)41(26-32)63-33-15-20-54(21-16-33)43(57)17-22-62-23-19-50-31-7-9-35-37(25-31)47(61)55(46(35)60)40-12-13-42(56)53-45(40)59/h6-11,14,18,24-29,33,40,50H,2-5,12-13,15-17,19-23H2,1H3,(H,52,58)(H,53,56,59)/t27-,28?,29?,40?/m1/s1. The summed E-state index contributed by atoms with van der Waals surface area (Å²) < 4.78 is 26.1. The maximum atomic E-state index is 14.1. The molecule has 2 saturated heterocycles. The number of hydrogen-bond donors (Lipinski definition) is 3. The first-order chi connectivity index (χ1) is 30.4. The second-order valence-corrected chi connectivity index (χ2v) is 17.2. The molecule has 6 amide bonds. The van der Waals surface area contributed by atoms with Crippen LogP contribution in [0.15, 0.2) is 66.9 Å². The fraction of sp³-hybridized carbons (Fsp3) is 0.426. The molecule has 4 heterocycles. The number of likely N-dealkylation sites (tertiary alicyclic amines) is 1. The first-order valence-corrected chi connectivity index (χ1v) is 22.1. The number of aromatic nitrogens is 1. The van der Waals surface area contributed by atoms with Gasteiger partial charge in [0.1, 0.15) is 23.7 Å². The number of ether oxygens (including phenoxy) is 2. The van der Waals surface area contributed by atoms with Crippen LogP contribution in [0.25, 0.3) is 10.9 Å². The fourth-order valence-corrected chi connectivity index (χ4v) is 9.40. The van der Waals surface area contributed by atoms with E-state index in [-0.39, 0.29) is 72.6 Å². The number of imide groups is 2. The molecule has 3 fully saturated rings. The van der Waals surface area contributed by atoms with E-state index < -0.39 is 29.7 Å². The Hall–Kier alpha value is -5.93. The molecule has 3 aliphatic heterocycles. The number of amides is 6. The van der Waals surface area contributed by atoms with E-state index in [2.05, 4.69) is 20.9 Å². The lowest BCUT2D eigenvalue weighted by atomic mass is 9.73. The first-order valence-electron chi connectivity index (χ1n) is 21.7. The molecule has 8 rings (SSSR count). The van der Waals surface area contributed by atoms with Gasteiger partial charge in [-0.3, -0.25) is 44.0 Å². The lowest BCUT2D eigenvalue weighted by Crippen LogP contribution is -2.54. The number of fused-ring (bicyclic) bond motifs is 2. The van der Waals surface area contributed by atoms with Crippen LogP contribution in [0.2, 0.25) is 5.02 Å². The molecule has 4 aromatic rings. The Labute approximate surface area is 369 Å². The number of hydrogen-bond acceptors (Lipinski definition) is 10. The van der Waals surface area contributed by atoms with E-state index in [0.717, 1.165) is 47.0 Å². The van der Waals surface area contributed by atoms with Gasteiger partial charge in [0, 0.05) is 73.8 Å². The summed E-state index contributed by atoms with van der Waals surface area (Å²) in [5.74, 6) is -1.80. The zero-order valence-electron chi connectivity index (χ0n) is 35.0. The van der Waals surface area contributed by atoms with E-state index in [1.807, 2.05) is 13.0 Å². The van der Waals surface area contributed by atoms with E-state index >= 15 is 0 Å². The number of halogens is 2. The van der Waals surface area contributed by atoms with Crippen molar-refractivity contribution in [3.8, 4) is 5.75 Å². The van der Waals surface area contributed by atoms with E-state index in [1.165, 1.54) is 12.1 Å². The van der Waals surface area contributed by atoms with Gasteiger partial charge in [0.25, 0.3) is 11.8 Å². The normalized spacial score (nSPS) is 21.0. The lowest BCUT2D eigenvalue weighted by Gasteiger charge is -2.33. The van der Waals surface area contributed by atoms with Gasteiger partial charge in [-0.25, -0.2) is 4.39 Å². The van der Waals surface area contributed by atoms with E-state index in [9.17, 15) is 33.2 Å². The van der Waals surface area contributed by atoms with E-state index in [4.69, 9.17) is 21.1 Å². The molecule has 63 heavy (non-hydrogen) atoms. The molecule has 2 atom stereocenters. The number of piperidine rings is 2. The molecule has 0 radical (unpaired) electrons. The zero-order valence-corrected chi connectivity index (χ0v) is 35.8. The SMILES string of the molecule is C[C@@H](C(=O)Nc1ccc(Cl)c(OC2CCN(C(=O)CCOCCNc3ccc4c(c3)C(=O)N(C3CCC(=O)NC3=O)C4=O)CC2)c1)C1CCC(c2ccnc3ccc(F)cc23)CC1. The third kappa shape index (κ3) is 9.84. The van der Waals surface area contributed by atoms with Crippen molar-refractivity contribution in [1.82, 2.24) is 20.1 Å². The topological polar surface area (TPSA) is 176 Å². The van der Waals surface area contributed by atoms with Crippen LogP contribution in [-0.2, 0) is 23.9 Å². The van der Waals surface area contributed by atoms with Crippen molar-refractivity contribution in [3.63, 3.8) is 0 Å². The molecule has 1 aromatic heterocycles. The Morgan fingerprint density at radius 1 is 0.889 bits per heavy atom. The summed E-state index contributed by atoms with van der Waals surface area (Å²) in [5, 5.41) is 9.71. The van der Waals surface area contributed by atoms with Crippen LogP contribution in [0.5, 0.6) is 5.75 Å². The molecule has 3 N–H and O–H groups in total. The predicted octanol–water partition coefficient (Wildman–Crippen LogP) is 6.87. The van der Waals surface area contributed by atoms with Crippen molar-refractivity contribution < 1.29 is 42.6 Å². The number of benzene rings is 3. The molecule has 1 aliphatic carbocycles. The Morgan fingerprint density at radius 2 is 1.65 bits per heavy atom. The highest BCUT2D eigenvalue weighted by Gasteiger charge is 2.44. The number of anilines is 2. The molecule has 3 aromatic carbocycles. The van der Waals surface area contributed by atoms with Crippen LogP contribution in [0.3, 0.4) is 0 Å². The highest BCUT2D eigenvalue weighted by molar-refractivity contribution is 6.32. The zero-order chi connectivity index (χ0) is 44.2. The largest absolute Gasteiger partial charge is 0.489 e. The minimum Gasteiger partial charge on any atom is -0.489 e. The molecule has 16 heteroatoms. The molecular weight excluding hydrogens is 831 g/mol. The van der Waals surface area contributed by atoms with Gasteiger partial charge in [-0.1, -0.05) is 18.5 Å². The smallest absolute Gasteiger partial charge is 0.262 e. The average Bonchev–Trinajstić information content (AvgIpc) is 3.53. The predicted molar refractivity (Wildman–Crippen MR) is 233 cm³/mol. The third-order valence-electron chi connectivity index (χ3n) is 12.8. The number of nitrogens with zero attached hydrogens (tertiary/aromatic N) is 3. The Balaban J connectivity index is 0.729. The van der Waals surface area contributed by atoms with Crippen molar-refractivity contribution in [3.05, 3.63) is 94.4 Å². The van der Waals surface area contributed by atoms with Gasteiger partial charge in [0.05, 0.1) is 41.3 Å². The Kier molecular flexibility index (Phi) is 13.3. The van der Waals surface area contributed by atoms with Crippen molar-refractivity contribution >= 4 is 69.3 Å². The molecule has 14 nitrogen and oxygen atoms in total. The maximum absolute atomic E-state index is 14.1. The second kappa shape index (κ2) is 19.2. The molecule has 1 saturated carbocycles. The van der Waals surface area contributed by atoms with Crippen molar-refractivity contribution in [2.45, 2.75) is 82.8 Å². The van der Waals surface area contributed by atoms with Gasteiger partial charge in [0.2, 0.25) is 23.6 Å². The van der Waals surface area contributed by atoms with Crippen molar-refractivity contribution in [1.29, 1.82) is 0 Å². The second-order valence-electron chi connectivity index (χ2n) is 16.8. The van der Waals surface area contributed by atoms with Gasteiger partial charge in [-0.15, -0.1) is 0 Å². The maximum Gasteiger partial charge on any atom is 0.262 e. The van der Waals surface area contributed by atoms with Gasteiger partial charge in [-0.2, -0.15) is 0 Å². The van der Waals surface area contributed by atoms with Crippen molar-refractivity contribution in [2.24, 2.45) is 11.8 Å². The molecule has 0 spiro atoms. The molecule has 4 aliphatic rings. The minimum atomic E-state index is -1.03. The highest BCUT2D eigenvalue weighted by atomic mass is 35.5. The van der Waals surface area contributed by atoms with Crippen LogP contribution in [0.1, 0.15) is 96.9 Å². The molecule has 0 bridgehead atoms. The summed E-state index contributed by atoms with van der Waals surface area (Å²) >= 11 is 6.53. The van der Waals surface area contributed by atoms with E-state index in [0.29, 0.717) is 67.1 Å². The number of pyridine rings is 1. The average molecular weight is 881 g/mol. The van der Waals surface area contributed by atoms with Gasteiger partial charge >= 0.3 is 0 Å². The van der Waals surface area contributed by atoms with Crippen molar-refractivity contribution in [2.75, 3.05) is 43.5 Å². The van der Waals surface area contributed by atoms with Crippen LogP contribution in [-0.4, -0.2) is 95.2 Å². The summed E-state index contributed by atoms with van der Waals surface area (Å²) in [4.78, 5) is 83.5. The highest BCUT2D eigenvalue weighted by Crippen LogP contribution is 2.41. The summed E-state index contributed by atoms with van der Waals surface area (Å²) in [6, 6.07) is 15.7. The molecule has 1 unspecified atom stereocenters. The molecule has 330 valence electrons. The quantitative estimate of drug-likeness (QED) is 0.0896. The monoisotopic (exact) mass is 880 g/mol. The van der Waals surface area contributed by atoms with E-state index in [1.54, 1.807) is 53.6 Å². The number of rotatable bonds is 14. The Bertz CT molecular complexity index is 2430. The number of carbonyl (C=O) groups is 6. The van der Waals surface area contributed by atoms with Crippen LogP contribution >= 0.6 is 11.6 Å². The Morgan fingerprint density at radius 3 is 2.43 bits per heavy atom. The summed E-state index contributed by atoms with van der Waals surface area (Å²) in [7, 11) is 0. The lowest BCUT2D eigenvalue weighted by molar-refractivity contribution is -0.136. The summed E-state index contributed by atoms with van der Waals surface area (Å²) in [6.07, 6.45) is 6.84. The van der Waals surface area contributed by atoms with Crippen LogP contribution < -0.4 is 20.7 Å². The number of carbonyl (C=O) groups excluding carboxylic acids is 6. The summed E-state index contributed by atoms with van der Waals surface area (Å²) in [6.45, 7) is 3.93. The summed E-state index contributed by atoms with van der Waals surface area (Å²) in [5.41, 5.74) is 3.49. The number of nitrogens with one attached hydrogen (secondary N) is 3. The van der Waals surface area contributed by atoms with Gasteiger partial charge in [0.15, 0.2) is 0 Å². The first kappa shape index (κ1) is 43.7. The van der Waals surface area contributed by atoms with Gasteiger partial charge < -0.3 is 25.0 Å². The third-order valence-corrected chi connectivity index (χ3v) is 13.1. The molecular formula is C47H50ClFN6O8. The minimum absolute atomic E-state index is 0.0182. The fourth-order valence-electron chi connectivity index (χ4n) is 9.24. The van der Waals surface area contributed by atoms with Crippen LogP contribution in [0.4, 0.5) is 15.8 Å². The van der Waals surface area contributed by atoms with Gasteiger partial charge in [-0.05, 0) is 104 Å². The van der Waals surface area contributed by atoms with Crippen LogP contribution in [0, 0.1) is 17.7 Å².